The van der Waals surface area contributed by atoms with E-state index in [0.29, 0.717) is 35.9 Å². The van der Waals surface area contributed by atoms with Crippen LogP contribution in [0.2, 0.25) is 5.02 Å². The molecule has 1 N–H and O–H groups in total. The molecule has 0 saturated heterocycles. The molecule has 0 spiro atoms. The highest BCUT2D eigenvalue weighted by Crippen LogP contribution is 2.34. The first-order chi connectivity index (χ1) is 14.1. The number of hydrogen-bond acceptors (Lipinski definition) is 5. The molecular formula is C19H15ClF3N3O3S. The Morgan fingerprint density at radius 2 is 1.73 bits per heavy atom. The van der Waals surface area contributed by atoms with Gasteiger partial charge in [-0.25, -0.2) is 8.42 Å². The fraction of sp³-hybridized carbons (Fsp3) is 0.158. The first kappa shape index (κ1) is 21.8. The van der Waals surface area contributed by atoms with Gasteiger partial charge in [-0.1, -0.05) is 23.7 Å². The van der Waals surface area contributed by atoms with Gasteiger partial charge in [0, 0.05) is 17.3 Å². The standard InChI is InChI=1S/C19H15ClF3N3O3S/c1-2-29-18-10-9-16(24-25-18)12-3-6-14(7-4-12)26-30(27,28)17-11-13(19(21,22)23)5-8-15(17)20/h3-11,26H,2H2,1H3. The summed E-state index contributed by atoms with van der Waals surface area (Å²) in [6.45, 7) is 2.28. The minimum Gasteiger partial charge on any atom is -0.477 e. The van der Waals surface area contributed by atoms with Gasteiger partial charge in [-0.3, -0.25) is 4.72 Å². The molecule has 0 saturated carbocycles. The number of hydrogen-bond donors (Lipinski definition) is 1. The van der Waals surface area contributed by atoms with Crippen molar-refractivity contribution in [2.24, 2.45) is 0 Å². The number of halogens is 4. The zero-order chi connectivity index (χ0) is 21.9. The van der Waals surface area contributed by atoms with Crippen LogP contribution in [0, 0.1) is 0 Å². The van der Waals surface area contributed by atoms with E-state index in [0.717, 1.165) is 6.07 Å². The number of anilines is 1. The molecular weight excluding hydrogens is 443 g/mol. The van der Waals surface area contributed by atoms with E-state index in [-0.39, 0.29) is 10.7 Å². The van der Waals surface area contributed by atoms with Crippen LogP contribution in [0.4, 0.5) is 18.9 Å². The highest BCUT2D eigenvalue weighted by Gasteiger charge is 2.32. The third-order valence-electron chi connectivity index (χ3n) is 3.91. The first-order valence-corrected chi connectivity index (χ1v) is 10.4. The summed E-state index contributed by atoms with van der Waals surface area (Å²) in [5.74, 6) is 0.378. The van der Waals surface area contributed by atoms with Crippen molar-refractivity contribution >= 4 is 27.3 Å². The zero-order valence-electron chi connectivity index (χ0n) is 15.4. The topological polar surface area (TPSA) is 81.2 Å². The molecule has 0 amide bonds. The lowest BCUT2D eigenvalue weighted by Crippen LogP contribution is -2.15. The second kappa shape index (κ2) is 8.49. The molecule has 6 nitrogen and oxygen atoms in total. The largest absolute Gasteiger partial charge is 0.477 e. The summed E-state index contributed by atoms with van der Waals surface area (Å²) in [7, 11) is -4.34. The number of benzene rings is 2. The van der Waals surface area contributed by atoms with Gasteiger partial charge in [0.2, 0.25) is 5.88 Å². The maximum Gasteiger partial charge on any atom is 0.416 e. The van der Waals surface area contributed by atoms with Gasteiger partial charge in [-0.2, -0.15) is 13.2 Å². The summed E-state index contributed by atoms with van der Waals surface area (Å²) in [6.07, 6.45) is -4.70. The van der Waals surface area contributed by atoms with Gasteiger partial charge >= 0.3 is 6.18 Å². The average molecular weight is 458 g/mol. The maximum atomic E-state index is 12.9. The molecule has 3 rings (SSSR count). The number of nitrogens with one attached hydrogen (secondary N) is 1. The van der Waals surface area contributed by atoms with Crippen molar-refractivity contribution in [3.05, 3.63) is 65.2 Å². The summed E-state index contributed by atoms with van der Waals surface area (Å²) < 4.78 is 71.3. The number of aromatic nitrogens is 2. The zero-order valence-corrected chi connectivity index (χ0v) is 17.0. The second-order valence-corrected chi connectivity index (χ2v) is 8.07. The number of ether oxygens (including phenoxy) is 1. The summed E-state index contributed by atoms with van der Waals surface area (Å²) in [5, 5.41) is 7.62. The minimum absolute atomic E-state index is 0.145. The molecule has 0 atom stereocenters. The molecule has 0 aliphatic heterocycles. The van der Waals surface area contributed by atoms with Crippen molar-refractivity contribution in [2.45, 2.75) is 18.0 Å². The monoisotopic (exact) mass is 457 g/mol. The smallest absolute Gasteiger partial charge is 0.416 e. The van der Waals surface area contributed by atoms with Gasteiger partial charge in [-0.05, 0) is 43.3 Å². The highest BCUT2D eigenvalue weighted by atomic mass is 35.5. The van der Waals surface area contributed by atoms with Crippen LogP contribution in [-0.4, -0.2) is 25.2 Å². The Bertz CT molecular complexity index is 1140. The highest BCUT2D eigenvalue weighted by molar-refractivity contribution is 7.92. The minimum atomic E-state index is -4.70. The quantitative estimate of drug-likeness (QED) is 0.562. The van der Waals surface area contributed by atoms with Crippen LogP contribution >= 0.6 is 11.6 Å². The molecule has 1 aromatic heterocycles. The molecule has 3 aromatic rings. The second-order valence-electron chi connectivity index (χ2n) is 6.02. The van der Waals surface area contributed by atoms with E-state index in [9.17, 15) is 21.6 Å². The first-order valence-electron chi connectivity index (χ1n) is 8.56. The lowest BCUT2D eigenvalue weighted by molar-refractivity contribution is -0.137. The molecule has 1 heterocycles. The van der Waals surface area contributed by atoms with Crippen molar-refractivity contribution in [1.29, 1.82) is 0 Å². The van der Waals surface area contributed by atoms with Gasteiger partial charge in [0.1, 0.15) is 4.90 Å². The number of nitrogens with zero attached hydrogens (tertiary/aromatic N) is 2. The van der Waals surface area contributed by atoms with Crippen LogP contribution in [0.5, 0.6) is 5.88 Å². The molecule has 158 valence electrons. The van der Waals surface area contributed by atoms with Crippen LogP contribution in [0.1, 0.15) is 12.5 Å². The fourth-order valence-corrected chi connectivity index (χ4v) is 4.09. The van der Waals surface area contributed by atoms with Gasteiger partial charge in [-0.15, -0.1) is 10.2 Å². The van der Waals surface area contributed by atoms with E-state index < -0.39 is 26.7 Å². The predicted octanol–water partition coefficient (Wildman–Crippen LogP) is 5.02. The van der Waals surface area contributed by atoms with Crippen LogP contribution in [-0.2, 0) is 16.2 Å². The van der Waals surface area contributed by atoms with Gasteiger partial charge < -0.3 is 4.74 Å². The molecule has 2 aromatic carbocycles. The lowest BCUT2D eigenvalue weighted by Gasteiger charge is -2.13. The van der Waals surface area contributed by atoms with E-state index in [1.165, 1.54) is 12.1 Å². The van der Waals surface area contributed by atoms with Gasteiger partial charge in [0.25, 0.3) is 10.0 Å². The Morgan fingerprint density at radius 1 is 1.03 bits per heavy atom. The van der Waals surface area contributed by atoms with Gasteiger partial charge in [0.05, 0.1) is 22.9 Å². The molecule has 0 aliphatic carbocycles. The van der Waals surface area contributed by atoms with Crippen molar-refractivity contribution in [1.82, 2.24) is 10.2 Å². The summed E-state index contributed by atoms with van der Waals surface area (Å²) in [4.78, 5) is -0.666. The van der Waals surface area contributed by atoms with Crippen molar-refractivity contribution < 1.29 is 26.3 Å². The third-order valence-corrected chi connectivity index (χ3v) is 5.78. The predicted molar refractivity (Wildman–Crippen MR) is 106 cm³/mol. The fourth-order valence-electron chi connectivity index (χ4n) is 2.50. The van der Waals surface area contributed by atoms with Crippen LogP contribution < -0.4 is 9.46 Å². The van der Waals surface area contributed by atoms with E-state index in [1.807, 2.05) is 6.92 Å². The average Bonchev–Trinajstić information content (AvgIpc) is 2.68. The van der Waals surface area contributed by atoms with E-state index in [1.54, 1.807) is 24.3 Å². The maximum absolute atomic E-state index is 12.9. The molecule has 11 heteroatoms. The van der Waals surface area contributed by atoms with Crippen LogP contribution in [0.25, 0.3) is 11.3 Å². The SMILES string of the molecule is CCOc1ccc(-c2ccc(NS(=O)(=O)c3cc(C(F)(F)F)ccc3Cl)cc2)nn1. The van der Waals surface area contributed by atoms with Crippen molar-refractivity contribution in [2.75, 3.05) is 11.3 Å². The van der Waals surface area contributed by atoms with E-state index in [4.69, 9.17) is 16.3 Å². The number of sulfonamides is 1. The lowest BCUT2D eigenvalue weighted by atomic mass is 10.1. The molecule has 0 radical (unpaired) electrons. The van der Waals surface area contributed by atoms with Crippen LogP contribution in [0.3, 0.4) is 0 Å². The summed E-state index contributed by atoms with van der Waals surface area (Å²) in [6, 6.07) is 11.5. The van der Waals surface area contributed by atoms with E-state index in [2.05, 4.69) is 14.9 Å². The Labute approximate surface area is 175 Å². The molecule has 30 heavy (non-hydrogen) atoms. The molecule has 0 unspecified atom stereocenters. The summed E-state index contributed by atoms with van der Waals surface area (Å²) in [5.41, 5.74) is 0.224. The van der Waals surface area contributed by atoms with Crippen molar-refractivity contribution in [3.8, 4) is 17.1 Å². The Morgan fingerprint density at radius 3 is 2.30 bits per heavy atom. The molecule has 0 bridgehead atoms. The summed E-state index contributed by atoms with van der Waals surface area (Å²) >= 11 is 5.83. The molecule has 0 fully saturated rings. The third kappa shape index (κ3) is 5.00. The normalized spacial score (nSPS) is 11.9. The van der Waals surface area contributed by atoms with E-state index >= 15 is 0 Å². The van der Waals surface area contributed by atoms with Crippen molar-refractivity contribution in [3.63, 3.8) is 0 Å². The Kier molecular flexibility index (Phi) is 6.18. The number of alkyl halides is 3. The number of rotatable bonds is 6. The molecule has 0 aliphatic rings. The van der Waals surface area contributed by atoms with Gasteiger partial charge in [0.15, 0.2) is 0 Å². The Balaban J connectivity index is 1.82. The Hall–Kier alpha value is -2.85. The van der Waals surface area contributed by atoms with Crippen LogP contribution in [0.15, 0.2) is 59.5 Å².